The number of aromatic hydroxyl groups is 1. The monoisotopic (exact) mass is 485 g/mol. The Kier molecular flexibility index (Phi) is 5.24. The number of fused-ring (bicyclic) bond motifs is 1. The summed E-state index contributed by atoms with van der Waals surface area (Å²) in [5.41, 5.74) is 1.40. The van der Waals surface area contributed by atoms with Gasteiger partial charge in [0.2, 0.25) is 0 Å². The van der Waals surface area contributed by atoms with Gasteiger partial charge >= 0.3 is 6.01 Å². The van der Waals surface area contributed by atoms with Crippen molar-refractivity contribution in [3.8, 4) is 23.0 Å². The summed E-state index contributed by atoms with van der Waals surface area (Å²) in [7, 11) is 1.47. The lowest BCUT2D eigenvalue weighted by Gasteiger charge is -2.41. The maximum atomic E-state index is 16.1. The van der Waals surface area contributed by atoms with Gasteiger partial charge in [-0.25, -0.2) is 4.39 Å². The van der Waals surface area contributed by atoms with Gasteiger partial charge in [0, 0.05) is 43.0 Å². The highest BCUT2D eigenvalue weighted by molar-refractivity contribution is 6.32. The number of benzene rings is 1. The molecular formula is C24H25ClFN5O3. The van der Waals surface area contributed by atoms with Crippen molar-refractivity contribution in [2.75, 3.05) is 44.9 Å². The van der Waals surface area contributed by atoms with Crippen LogP contribution in [0.2, 0.25) is 5.02 Å². The van der Waals surface area contributed by atoms with Crippen molar-refractivity contribution in [3.05, 3.63) is 34.7 Å². The van der Waals surface area contributed by atoms with Gasteiger partial charge in [0.15, 0.2) is 5.82 Å². The third-order valence-corrected chi connectivity index (χ3v) is 7.27. The predicted molar refractivity (Wildman–Crippen MR) is 126 cm³/mol. The Morgan fingerprint density at radius 2 is 2.18 bits per heavy atom. The number of nitrogens with zero attached hydrogens (tertiary/aromatic N) is 4. The average Bonchev–Trinajstić information content (AvgIpc) is 3.57. The van der Waals surface area contributed by atoms with Crippen molar-refractivity contribution >= 4 is 28.3 Å². The third-order valence-electron chi connectivity index (χ3n) is 6.96. The van der Waals surface area contributed by atoms with Crippen molar-refractivity contribution in [3.63, 3.8) is 0 Å². The molecular weight excluding hydrogens is 461 g/mol. The summed E-state index contributed by atoms with van der Waals surface area (Å²) in [6, 6.07) is 3.11. The first-order valence-electron chi connectivity index (χ1n) is 11.5. The fourth-order valence-corrected chi connectivity index (χ4v) is 5.50. The topological polar surface area (TPSA) is 92.6 Å². The molecule has 1 aliphatic carbocycles. The number of piperazine rings is 1. The maximum absolute atomic E-state index is 16.1. The second-order valence-corrected chi connectivity index (χ2v) is 9.72. The average molecular weight is 486 g/mol. The second-order valence-electron chi connectivity index (χ2n) is 9.31. The predicted octanol–water partition coefficient (Wildman–Crippen LogP) is 3.64. The Bertz CT molecular complexity index is 1280. The molecule has 0 radical (unpaired) electrons. The molecule has 178 valence electrons. The number of hydrogen-bond acceptors (Lipinski definition) is 8. The van der Waals surface area contributed by atoms with Crippen LogP contribution in [0.25, 0.3) is 22.2 Å². The largest absolute Gasteiger partial charge is 0.508 e. The summed E-state index contributed by atoms with van der Waals surface area (Å²) in [5.74, 6) is 0.207. The van der Waals surface area contributed by atoms with E-state index in [2.05, 4.69) is 25.2 Å². The third kappa shape index (κ3) is 3.62. The van der Waals surface area contributed by atoms with Gasteiger partial charge in [0.05, 0.1) is 24.6 Å². The lowest BCUT2D eigenvalue weighted by molar-refractivity contribution is 0.163. The van der Waals surface area contributed by atoms with E-state index in [0.29, 0.717) is 48.1 Å². The van der Waals surface area contributed by atoms with Gasteiger partial charge in [-0.1, -0.05) is 11.6 Å². The van der Waals surface area contributed by atoms with Crippen LogP contribution in [0.15, 0.2) is 18.3 Å². The van der Waals surface area contributed by atoms with Crippen molar-refractivity contribution in [1.82, 2.24) is 20.3 Å². The van der Waals surface area contributed by atoms with Crippen LogP contribution < -0.4 is 15.0 Å². The standard InChI is InChI=1S/C24H25ClFN5O3/c1-33-23-29-21-16(22(30-23)31-6-5-28-24(11-31)4-7-34-12-24)10-27-20(19(21)26)15-8-14(32)9-17(25)18(15)13-2-3-13/h8-10,13,28,32H,2-7,11-12H2,1H3. The molecule has 1 aromatic carbocycles. The van der Waals surface area contributed by atoms with E-state index in [-0.39, 0.29) is 34.4 Å². The van der Waals surface area contributed by atoms with Crippen LogP contribution in [0.1, 0.15) is 30.7 Å². The molecule has 3 aromatic rings. The quantitative estimate of drug-likeness (QED) is 0.578. The highest BCUT2D eigenvalue weighted by Crippen LogP contribution is 2.49. The fraction of sp³-hybridized carbons (Fsp3) is 0.458. The van der Waals surface area contributed by atoms with Crippen LogP contribution in [0.4, 0.5) is 10.2 Å². The van der Waals surface area contributed by atoms with Gasteiger partial charge in [-0.15, -0.1) is 0 Å². The molecule has 3 aliphatic rings. The SMILES string of the molecule is COc1nc(N2CCNC3(CCOC3)C2)c2cnc(-c3cc(O)cc(Cl)c3C3CC3)c(F)c2n1. The first-order chi connectivity index (χ1) is 16.5. The van der Waals surface area contributed by atoms with Crippen molar-refractivity contribution in [1.29, 1.82) is 0 Å². The highest BCUT2D eigenvalue weighted by Gasteiger charge is 2.40. The Morgan fingerprint density at radius 3 is 2.91 bits per heavy atom. The van der Waals surface area contributed by atoms with Gasteiger partial charge in [-0.2, -0.15) is 9.97 Å². The van der Waals surface area contributed by atoms with Crippen LogP contribution in [-0.2, 0) is 4.74 Å². The van der Waals surface area contributed by atoms with Crippen LogP contribution in [0, 0.1) is 5.82 Å². The Labute approximate surface area is 201 Å². The lowest BCUT2D eigenvalue weighted by atomic mass is 9.95. The molecule has 1 saturated carbocycles. The lowest BCUT2D eigenvalue weighted by Crippen LogP contribution is -2.61. The molecule has 8 nitrogen and oxygen atoms in total. The van der Waals surface area contributed by atoms with Gasteiger partial charge in [-0.05, 0) is 42.9 Å². The van der Waals surface area contributed by atoms with Crippen LogP contribution in [-0.4, -0.2) is 65.6 Å². The number of nitrogens with one attached hydrogen (secondary N) is 1. The van der Waals surface area contributed by atoms with Crippen LogP contribution in [0.3, 0.4) is 0 Å². The number of methoxy groups -OCH3 is 1. The van der Waals surface area contributed by atoms with Gasteiger partial charge < -0.3 is 24.8 Å². The van der Waals surface area contributed by atoms with Crippen molar-refractivity contribution < 1.29 is 19.0 Å². The van der Waals surface area contributed by atoms with E-state index in [1.54, 1.807) is 6.20 Å². The summed E-state index contributed by atoms with van der Waals surface area (Å²) < 4.78 is 27.0. The molecule has 0 bridgehead atoms. The first-order valence-corrected chi connectivity index (χ1v) is 11.9. The molecule has 2 aliphatic heterocycles. The normalized spacial score (nSPS) is 22.6. The van der Waals surface area contributed by atoms with E-state index in [4.69, 9.17) is 21.1 Å². The zero-order valence-electron chi connectivity index (χ0n) is 18.8. The number of pyridine rings is 1. The van der Waals surface area contributed by atoms with Crippen molar-refractivity contribution in [2.24, 2.45) is 0 Å². The molecule has 3 fully saturated rings. The molecule has 1 spiro atoms. The van der Waals surface area contributed by atoms with E-state index in [1.165, 1.54) is 19.2 Å². The molecule has 2 aromatic heterocycles. The minimum Gasteiger partial charge on any atom is -0.508 e. The number of rotatable bonds is 4. The summed E-state index contributed by atoms with van der Waals surface area (Å²) in [6.07, 6.45) is 4.46. The minimum atomic E-state index is -0.586. The number of hydrogen-bond donors (Lipinski definition) is 2. The highest BCUT2D eigenvalue weighted by atomic mass is 35.5. The molecule has 0 amide bonds. The summed E-state index contributed by atoms with van der Waals surface area (Å²) in [6.45, 7) is 3.48. The molecule has 10 heteroatoms. The molecule has 34 heavy (non-hydrogen) atoms. The number of phenols is 1. The number of aromatic nitrogens is 3. The van der Waals surface area contributed by atoms with E-state index >= 15 is 4.39 Å². The van der Waals surface area contributed by atoms with Gasteiger partial charge in [-0.3, -0.25) is 4.98 Å². The Hall–Kier alpha value is -2.75. The van der Waals surface area contributed by atoms with E-state index in [9.17, 15) is 5.11 Å². The Balaban J connectivity index is 1.50. The van der Waals surface area contributed by atoms with Gasteiger partial charge in [0.25, 0.3) is 0 Å². The summed E-state index contributed by atoms with van der Waals surface area (Å²) >= 11 is 6.45. The number of anilines is 1. The summed E-state index contributed by atoms with van der Waals surface area (Å²) in [5, 5.41) is 14.7. The molecule has 1 unspecified atom stereocenters. The first kappa shape index (κ1) is 21.8. The zero-order chi connectivity index (χ0) is 23.4. The molecule has 4 heterocycles. The van der Waals surface area contributed by atoms with E-state index in [0.717, 1.165) is 31.4 Å². The zero-order valence-corrected chi connectivity index (χ0v) is 19.5. The number of phenolic OH excluding ortho intramolecular Hbond substituents is 1. The van der Waals surface area contributed by atoms with E-state index < -0.39 is 5.82 Å². The maximum Gasteiger partial charge on any atom is 0.318 e. The van der Waals surface area contributed by atoms with E-state index in [1.807, 2.05) is 0 Å². The Morgan fingerprint density at radius 1 is 1.32 bits per heavy atom. The smallest absolute Gasteiger partial charge is 0.318 e. The summed E-state index contributed by atoms with van der Waals surface area (Å²) in [4.78, 5) is 15.6. The molecule has 2 saturated heterocycles. The van der Waals surface area contributed by atoms with Crippen LogP contribution in [0.5, 0.6) is 11.8 Å². The number of halogens is 2. The fourth-order valence-electron chi connectivity index (χ4n) is 5.14. The molecule has 1 atom stereocenters. The molecule has 6 rings (SSSR count). The molecule has 2 N–H and O–H groups in total. The number of ether oxygens (including phenoxy) is 2. The second kappa shape index (κ2) is 8.18. The van der Waals surface area contributed by atoms with Gasteiger partial charge in [0.1, 0.15) is 22.8 Å². The van der Waals surface area contributed by atoms with Crippen molar-refractivity contribution in [2.45, 2.75) is 30.7 Å². The minimum absolute atomic E-state index is 0.0310. The van der Waals surface area contributed by atoms with Crippen LogP contribution >= 0.6 is 11.6 Å².